The highest BCUT2D eigenvalue weighted by Crippen LogP contribution is 2.32. The van der Waals surface area contributed by atoms with Crippen molar-refractivity contribution >= 4 is 22.7 Å². The van der Waals surface area contributed by atoms with Crippen molar-refractivity contribution in [3.05, 3.63) is 113 Å². The molecule has 0 aliphatic rings. The van der Waals surface area contributed by atoms with Crippen molar-refractivity contribution in [2.24, 2.45) is 0 Å². The van der Waals surface area contributed by atoms with Crippen LogP contribution < -0.4 is 5.56 Å². The van der Waals surface area contributed by atoms with E-state index in [9.17, 15) is 14.4 Å². The lowest BCUT2D eigenvalue weighted by Gasteiger charge is -2.16. The minimum absolute atomic E-state index is 0.167. The topological polar surface area (TPSA) is 94.0 Å². The number of carbonyl (C=O) groups excluding carboxylic acids is 2. The highest BCUT2D eigenvalue weighted by atomic mass is 16.5. The number of para-hydroxylation sites is 1. The molecule has 2 heterocycles. The third-order valence-electron chi connectivity index (χ3n) is 5.84. The molecule has 1 N–H and O–H groups in total. The number of nitrogens with zero attached hydrogens (tertiary/aromatic N) is 2. The Kier molecular flexibility index (Phi) is 5.81. The molecule has 0 amide bonds. The number of hydrogen-bond donors (Lipinski definition) is 1. The van der Waals surface area contributed by atoms with E-state index in [1.165, 1.54) is 7.11 Å². The molecule has 0 atom stereocenters. The second-order valence-electron chi connectivity index (χ2n) is 7.96. The molecule has 7 nitrogen and oxygen atoms in total. The monoisotopic (exact) mass is 463 g/mol. The van der Waals surface area contributed by atoms with E-state index in [0.29, 0.717) is 27.9 Å². The molecule has 7 heteroatoms. The first kappa shape index (κ1) is 22.0. The van der Waals surface area contributed by atoms with Gasteiger partial charge in [-0.15, -0.1) is 0 Å². The van der Waals surface area contributed by atoms with Gasteiger partial charge in [0.1, 0.15) is 12.1 Å². The van der Waals surface area contributed by atoms with Crippen molar-refractivity contribution in [3.8, 4) is 22.4 Å². The number of ketones is 1. The van der Waals surface area contributed by atoms with Gasteiger partial charge in [-0.3, -0.25) is 9.59 Å². The smallest absolute Gasteiger partial charge is 0.344 e. The Morgan fingerprint density at radius 3 is 2.20 bits per heavy atom. The summed E-state index contributed by atoms with van der Waals surface area (Å²) in [6.07, 6.45) is 1.62. The fraction of sp³-hybridized carbons (Fsp3) is 0.0714. The number of benzene rings is 3. The van der Waals surface area contributed by atoms with Crippen molar-refractivity contribution in [2.45, 2.75) is 6.54 Å². The van der Waals surface area contributed by atoms with Gasteiger partial charge in [0.15, 0.2) is 5.78 Å². The summed E-state index contributed by atoms with van der Waals surface area (Å²) >= 11 is 0. The summed E-state index contributed by atoms with van der Waals surface area (Å²) in [7, 11) is 1.22. The maximum atomic E-state index is 13.6. The maximum Gasteiger partial charge on any atom is 0.344 e. The summed E-state index contributed by atoms with van der Waals surface area (Å²) in [5.74, 6) is -1.10. The lowest BCUT2D eigenvalue weighted by atomic mass is 9.95. The van der Waals surface area contributed by atoms with Gasteiger partial charge in [0.2, 0.25) is 0 Å². The molecule has 0 unspecified atom stereocenters. The molecule has 35 heavy (non-hydrogen) atoms. The highest BCUT2D eigenvalue weighted by Gasteiger charge is 2.27. The first-order chi connectivity index (χ1) is 17.1. The quantitative estimate of drug-likeness (QED) is 0.290. The molecule has 5 aromatic rings. The number of aromatic amines is 1. The van der Waals surface area contributed by atoms with E-state index in [4.69, 9.17) is 4.74 Å². The molecular formula is C28H21N3O4. The van der Waals surface area contributed by atoms with Crippen LogP contribution in [0, 0.1) is 0 Å². The van der Waals surface area contributed by atoms with Crippen LogP contribution in [-0.2, 0) is 11.3 Å². The molecular weight excluding hydrogens is 442 g/mol. The van der Waals surface area contributed by atoms with Crippen LogP contribution >= 0.6 is 0 Å². The summed E-state index contributed by atoms with van der Waals surface area (Å²) in [5, 5.41) is 5.34. The van der Waals surface area contributed by atoms with Crippen LogP contribution in [0.1, 0.15) is 20.7 Å². The average molecular weight is 463 g/mol. The van der Waals surface area contributed by atoms with Crippen LogP contribution in [0.4, 0.5) is 0 Å². The Bertz CT molecular complexity index is 1600. The molecule has 0 spiro atoms. The predicted molar refractivity (Wildman–Crippen MR) is 133 cm³/mol. The number of hydrogen-bond acceptors (Lipinski definition) is 5. The average Bonchev–Trinajstić information content (AvgIpc) is 3.34. The Balaban J connectivity index is 1.72. The molecule has 0 aliphatic heterocycles. The van der Waals surface area contributed by atoms with Crippen molar-refractivity contribution in [1.29, 1.82) is 0 Å². The standard InChI is InChI=1S/C28H21N3O4/c1-35-28(34)25-24(18-10-4-2-5-11-18)26(19-12-6-3-7-13-19)30-31(27(25)33)17-23(32)21-16-29-22-15-9-8-14-20(21)22/h2-16,29H,17H2,1H3. The lowest BCUT2D eigenvalue weighted by Crippen LogP contribution is -2.33. The van der Waals surface area contributed by atoms with E-state index in [1.54, 1.807) is 18.3 Å². The van der Waals surface area contributed by atoms with Gasteiger partial charge in [-0.05, 0) is 11.6 Å². The zero-order valence-electron chi connectivity index (χ0n) is 18.9. The number of carbonyl (C=O) groups is 2. The number of rotatable bonds is 6. The van der Waals surface area contributed by atoms with Gasteiger partial charge in [-0.1, -0.05) is 78.9 Å². The Morgan fingerprint density at radius 1 is 0.886 bits per heavy atom. The number of aromatic nitrogens is 3. The van der Waals surface area contributed by atoms with Crippen LogP contribution in [0.2, 0.25) is 0 Å². The summed E-state index contributed by atoms with van der Waals surface area (Å²) in [4.78, 5) is 42.8. The number of Topliss-reactive ketones (excluding diaryl/α,β-unsaturated/α-hetero) is 1. The van der Waals surface area contributed by atoms with Crippen LogP contribution in [-0.4, -0.2) is 33.6 Å². The number of ether oxygens (including phenoxy) is 1. The summed E-state index contributed by atoms with van der Waals surface area (Å²) in [6.45, 7) is -0.334. The van der Waals surface area contributed by atoms with Crippen LogP contribution in [0.3, 0.4) is 0 Å². The predicted octanol–water partition coefficient (Wildman–Crippen LogP) is 4.73. The van der Waals surface area contributed by atoms with E-state index in [2.05, 4.69) is 10.1 Å². The van der Waals surface area contributed by atoms with E-state index in [-0.39, 0.29) is 17.9 Å². The molecule has 0 aliphatic carbocycles. The van der Waals surface area contributed by atoms with Gasteiger partial charge >= 0.3 is 5.97 Å². The number of esters is 1. The van der Waals surface area contributed by atoms with Gasteiger partial charge in [0.05, 0.1) is 12.8 Å². The highest BCUT2D eigenvalue weighted by molar-refractivity contribution is 6.08. The van der Waals surface area contributed by atoms with Crippen molar-refractivity contribution in [2.75, 3.05) is 7.11 Å². The van der Waals surface area contributed by atoms with E-state index in [0.717, 1.165) is 15.6 Å². The van der Waals surface area contributed by atoms with Crippen LogP contribution in [0.15, 0.2) is 95.9 Å². The summed E-state index contributed by atoms with van der Waals surface area (Å²) in [6, 6.07) is 25.7. The van der Waals surface area contributed by atoms with Crippen LogP contribution in [0.25, 0.3) is 33.3 Å². The van der Waals surface area contributed by atoms with E-state index >= 15 is 0 Å². The minimum atomic E-state index is -0.790. The van der Waals surface area contributed by atoms with Gasteiger partial charge < -0.3 is 9.72 Å². The zero-order valence-corrected chi connectivity index (χ0v) is 18.9. The first-order valence-electron chi connectivity index (χ1n) is 11.0. The fourth-order valence-corrected chi connectivity index (χ4v) is 4.18. The van der Waals surface area contributed by atoms with E-state index < -0.39 is 11.5 Å². The number of nitrogens with one attached hydrogen (secondary N) is 1. The Morgan fingerprint density at radius 2 is 1.51 bits per heavy atom. The third kappa shape index (κ3) is 4.04. The largest absolute Gasteiger partial charge is 0.465 e. The van der Waals surface area contributed by atoms with Gasteiger partial charge in [0.25, 0.3) is 5.56 Å². The molecule has 3 aromatic carbocycles. The minimum Gasteiger partial charge on any atom is -0.465 e. The second-order valence-corrected chi connectivity index (χ2v) is 7.96. The number of H-pyrrole nitrogens is 1. The molecule has 0 saturated carbocycles. The molecule has 5 rings (SSSR count). The third-order valence-corrected chi connectivity index (χ3v) is 5.84. The first-order valence-corrected chi connectivity index (χ1v) is 11.0. The Labute approximate surface area is 200 Å². The molecule has 0 fully saturated rings. The van der Waals surface area contributed by atoms with Gasteiger partial charge in [-0.2, -0.15) is 5.10 Å². The maximum absolute atomic E-state index is 13.6. The summed E-state index contributed by atoms with van der Waals surface area (Å²) < 4.78 is 6.04. The van der Waals surface area contributed by atoms with Crippen molar-refractivity contribution in [3.63, 3.8) is 0 Å². The summed E-state index contributed by atoms with van der Waals surface area (Å²) in [5.41, 5.74) is 2.52. The van der Waals surface area contributed by atoms with Gasteiger partial charge in [0, 0.05) is 33.8 Å². The SMILES string of the molecule is COC(=O)c1c(-c2ccccc2)c(-c2ccccc2)nn(CC(=O)c2c[nH]c3ccccc23)c1=O. The fourth-order valence-electron chi connectivity index (χ4n) is 4.18. The number of fused-ring (bicyclic) bond motifs is 1. The van der Waals surface area contributed by atoms with Crippen molar-refractivity contribution < 1.29 is 14.3 Å². The van der Waals surface area contributed by atoms with Crippen LogP contribution in [0.5, 0.6) is 0 Å². The molecule has 0 saturated heterocycles. The molecule has 2 aromatic heterocycles. The normalized spacial score (nSPS) is 10.9. The van der Waals surface area contributed by atoms with E-state index in [1.807, 2.05) is 72.8 Å². The second kappa shape index (κ2) is 9.23. The lowest BCUT2D eigenvalue weighted by molar-refractivity contribution is 0.0597. The molecule has 172 valence electrons. The number of methoxy groups -OCH3 is 1. The van der Waals surface area contributed by atoms with Gasteiger partial charge in [-0.25, -0.2) is 9.48 Å². The molecule has 0 bridgehead atoms. The zero-order chi connectivity index (χ0) is 24.4. The van der Waals surface area contributed by atoms with Crippen molar-refractivity contribution in [1.82, 2.24) is 14.8 Å². The molecule has 0 radical (unpaired) electrons. The Hall–Kier alpha value is -4.78.